The molecule has 0 saturated heterocycles. The maximum Gasteiger partial charge on any atom is 0.490 e. The summed E-state index contributed by atoms with van der Waals surface area (Å²) in [7, 11) is 3.45. The molecule has 1 amide bonds. The number of carbonyl (C=O) groups is 3. The highest BCUT2D eigenvalue weighted by molar-refractivity contribution is 5.76. The number of imidazole rings is 1. The zero-order chi connectivity index (χ0) is 30.0. The molecule has 0 aliphatic carbocycles. The van der Waals surface area contributed by atoms with Gasteiger partial charge in [0.15, 0.2) is 0 Å². The molecule has 0 bridgehead atoms. The van der Waals surface area contributed by atoms with Crippen molar-refractivity contribution < 1.29 is 55.7 Å². The van der Waals surface area contributed by atoms with Gasteiger partial charge in [0.05, 0.1) is 24.5 Å². The summed E-state index contributed by atoms with van der Waals surface area (Å²) in [6.07, 6.45) is -4.60. The number of alkyl halides is 6. The highest BCUT2D eigenvalue weighted by Gasteiger charge is 2.38. The molecule has 2 aromatic rings. The SMILES string of the molecule is CC1c2ncc(COCC(=O)N(C)C)n2CCN1Cc1cccnc1.O=C(O)C(F)(F)F.O=C(O)C(F)(F)F. The average Bonchev–Trinajstić information content (AvgIpc) is 3.24. The van der Waals surface area contributed by atoms with Gasteiger partial charge in [0.25, 0.3) is 0 Å². The minimum Gasteiger partial charge on any atom is -0.475 e. The number of amides is 1. The number of ether oxygens (including phenoxy) is 1. The van der Waals surface area contributed by atoms with Crippen LogP contribution < -0.4 is 0 Å². The molecular formula is C22H27F6N5O6. The Balaban J connectivity index is 0.000000449. The molecule has 2 aromatic heterocycles. The van der Waals surface area contributed by atoms with Crippen molar-refractivity contribution in [2.45, 2.75) is 45.0 Å². The van der Waals surface area contributed by atoms with Crippen molar-refractivity contribution in [3.05, 3.63) is 47.8 Å². The summed E-state index contributed by atoms with van der Waals surface area (Å²) in [5.41, 5.74) is 2.23. The number of hydrogen-bond acceptors (Lipinski definition) is 7. The summed E-state index contributed by atoms with van der Waals surface area (Å²) in [6, 6.07) is 4.29. The lowest BCUT2D eigenvalue weighted by molar-refractivity contribution is -0.193. The number of nitrogens with zero attached hydrogens (tertiary/aromatic N) is 5. The van der Waals surface area contributed by atoms with Gasteiger partial charge in [-0.05, 0) is 18.6 Å². The topological polar surface area (TPSA) is 138 Å². The molecule has 39 heavy (non-hydrogen) atoms. The Kier molecular flexibility index (Phi) is 12.3. The number of carbonyl (C=O) groups excluding carboxylic acids is 1. The number of rotatable bonds is 6. The molecule has 11 nitrogen and oxygen atoms in total. The predicted octanol–water partition coefficient (Wildman–Crippen LogP) is 2.73. The number of pyridine rings is 1. The fraction of sp³-hybridized carbons (Fsp3) is 0.500. The molecule has 0 radical (unpaired) electrons. The van der Waals surface area contributed by atoms with Crippen LogP contribution in [0.1, 0.15) is 30.0 Å². The van der Waals surface area contributed by atoms with Crippen LogP contribution in [0.2, 0.25) is 0 Å². The van der Waals surface area contributed by atoms with Gasteiger partial charge in [-0.1, -0.05) is 6.07 Å². The fourth-order valence-electron chi connectivity index (χ4n) is 3.03. The number of aromatic nitrogens is 3. The van der Waals surface area contributed by atoms with Crippen molar-refractivity contribution in [1.29, 1.82) is 0 Å². The molecule has 1 unspecified atom stereocenters. The molecule has 0 fully saturated rings. The largest absolute Gasteiger partial charge is 0.490 e. The Morgan fingerprint density at radius 2 is 1.62 bits per heavy atom. The number of halogens is 6. The molecule has 3 rings (SSSR count). The van der Waals surface area contributed by atoms with E-state index in [0.717, 1.165) is 31.2 Å². The molecule has 218 valence electrons. The van der Waals surface area contributed by atoms with Crippen molar-refractivity contribution in [2.24, 2.45) is 0 Å². The molecule has 2 N–H and O–H groups in total. The van der Waals surface area contributed by atoms with E-state index in [-0.39, 0.29) is 18.6 Å². The van der Waals surface area contributed by atoms with Crippen LogP contribution in [0.5, 0.6) is 0 Å². The van der Waals surface area contributed by atoms with Crippen LogP contribution in [0.3, 0.4) is 0 Å². The molecule has 17 heteroatoms. The fourth-order valence-corrected chi connectivity index (χ4v) is 3.03. The third-order valence-corrected chi connectivity index (χ3v) is 5.07. The van der Waals surface area contributed by atoms with Gasteiger partial charge in [-0.3, -0.25) is 14.7 Å². The minimum atomic E-state index is -5.08. The third kappa shape index (κ3) is 11.3. The third-order valence-electron chi connectivity index (χ3n) is 5.07. The summed E-state index contributed by atoms with van der Waals surface area (Å²) in [6.45, 7) is 5.36. The maximum atomic E-state index is 11.6. The zero-order valence-corrected chi connectivity index (χ0v) is 21.0. The number of carboxylic acids is 2. The van der Waals surface area contributed by atoms with Crippen LogP contribution >= 0.6 is 0 Å². The van der Waals surface area contributed by atoms with Crippen molar-refractivity contribution in [1.82, 2.24) is 24.3 Å². The monoisotopic (exact) mass is 571 g/mol. The van der Waals surface area contributed by atoms with Crippen molar-refractivity contribution in [3.8, 4) is 0 Å². The van der Waals surface area contributed by atoms with Gasteiger partial charge in [-0.2, -0.15) is 26.3 Å². The zero-order valence-electron chi connectivity index (χ0n) is 21.0. The summed E-state index contributed by atoms with van der Waals surface area (Å²) in [4.78, 5) is 42.1. The van der Waals surface area contributed by atoms with E-state index in [4.69, 9.17) is 24.5 Å². The smallest absolute Gasteiger partial charge is 0.475 e. The average molecular weight is 571 g/mol. The van der Waals surface area contributed by atoms with E-state index >= 15 is 0 Å². The molecule has 1 aliphatic heterocycles. The van der Waals surface area contributed by atoms with Gasteiger partial charge in [0.1, 0.15) is 12.4 Å². The van der Waals surface area contributed by atoms with Gasteiger partial charge in [0, 0.05) is 46.1 Å². The number of fused-ring (bicyclic) bond motifs is 1. The van der Waals surface area contributed by atoms with Crippen molar-refractivity contribution >= 4 is 17.8 Å². The van der Waals surface area contributed by atoms with E-state index < -0.39 is 24.3 Å². The van der Waals surface area contributed by atoms with E-state index in [2.05, 4.69) is 32.4 Å². The first-order valence-electron chi connectivity index (χ1n) is 11.0. The van der Waals surface area contributed by atoms with Gasteiger partial charge < -0.3 is 24.4 Å². The van der Waals surface area contributed by atoms with E-state index in [1.165, 1.54) is 10.5 Å². The minimum absolute atomic E-state index is 0.0330. The Labute approximate surface area is 218 Å². The molecule has 3 heterocycles. The van der Waals surface area contributed by atoms with Crippen LogP contribution in [0.25, 0.3) is 0 Å². The van der Waals surface area contributed by atoms with Gasteiger partial charge in [-0.15, -0.1) is 0 Å². The van der Waals surface area contributed by atoms with Crippen LogP contribution in [-0.2, 0) is 38.8 Å². The van der Waals surface area contributed by atoms with Crippen molar-refractivity contribution in [3.63, 3.8) is 0 Å². The standard InChI is InChI=1S/C18H25N5O2.2C2HF3O2/c1-14-18-20-10-16(12-25-13-17(24)21(2)3)23(18)8-7-22(14)11-15-5-4-6-19-9-15;2*3-2(4,5)1(6)7/h4-6,9-10,14H,7-8,11-13H2,1-3H3;2*(H,6,7). The number of hydrogen-bond donors (Lipinski definition) is 2. The maximum absolute atomic E-state index is 11.6. The van der Waals surface area contributed by atoms with E-state index in [1.807, 2.05) is 18.5 Å². The second-order valence-electron chi connectivity index (χ2n) is 8.15. The number of carboxylic acid groups (broad SMARTS) is 2. The first kappa shape index (κ1) is 33.3. The Bertz CT molecular complexity index is 1070. The lowest BCUT2D eigenvalue weighted by Crippen LogP contribution is -2.37. The number of aliphatic carboxylic acids is 2. The molecular weight excluding hydrogens is 544 g/mol. The molecule has 0 spiro atoms. The van der Waals surface area contributed by atoms with E-state index in [9.17, 15) is 31.1 Å². The van der Waals surface area contributed by atoms with Crippen LogP contribution in [0, 0.1) is 0 Å². The highest BCUT2D eigenvalue weighted by atomic mass is 19.4. The molecule has 0 saturated carbocycles. The normalized spacial score (nSPS) is 15.2. The van der Waals surface area contributed by atoms with Gasteiger partial charge >= 0.3 is 24.3 Å². The van der Waals surface area contributed by atoms with Crippen LogP contribution in [0.4, 0.5) is 26.3 Å². The first-order valence-corrected chi connectivity index (χ1v) is 11.0. The van der Waals surface area contributed by atoms with Crippen LogP contribution in [-0.4, -0.2) is 92.0 Å². The Morgan fingerprint density at radius 1 is 1.05 bits per heavy atom. The lowest BCUT2D eigenvalue weighted by Gasteiger charge is -2.34. The van der Waals surface area contributed by atoms with E-state index in [0.29, 0.717) is 6.61 Å². The molecule has 0 aromatic carbocycles. The lowest BCUT2D eigenvalue weighted by atomic mass is 10.1. The summed E-state index contributed by atoms with van der Waals surface area (Å²) in [5, 5.41) is 14.2. The van der Waals surface area contributed by atoms with Gasteiger partial charge in [0.2, 0.25) is 5.91 Å². The van der Waals surface area contributed by atoms with Crippen LogP contribution in [0.15, 0.2) is 30.7 Å². The summed E-state index contributed by atoms with van der Waals surface area (Å²) < 4.78 is 71.2. The first-order chi connectivity index (χ1) is 17.9. The van der Waals surface area contributed by atoms with Crippen molar-refractivity contribution in [2.75, 3.05) is 27.2 Å². The second kappa shape index (κ2) is 14.4. The highest BCUT2D eigenvalue weighted by Crippen LogP contribution is 2.27. The summed E-state index contributed by atoms with van der Waals surface area (Å²) in [5.74, 6) is -4.50. The number of likely N-dealkylation sites (N-methyl/N-ethyl adjacent to an activating group) is 1. The van der Waals surface area contributed by atoms with Gasteiger partial charge in [-0.25, -0.2) is 14.6 Å². The quantitative estimate of drug-likeness (QED) is 0.502. The Morgan fingerprint density at radius 3 is 2.08 bits per heavy atom. The summed E-state index contributed by atoms with van der Waals surface area (Å²) >= 11 is 0. The molecule has 1 atom stereocenters. The molecule has 1 aliphatic rings. The Hall–Kier alpha value is -3.73. The second-order valence-corrected chi connectivity index (χ2v) is 8.15. The predicted molar refractivity (Wildman–Crippen MR) is 121 cm³/mol. The van der Waals surface area contributed by atoms with E-state index in [1.54, 1.807) is 20.3 Å².